The van der Waals surface area contributed by atoms with Crippen LogP contribution in [0.25, 0.3) is 0 Å². The zero-order valence-corrected chi connectivity index (χ0v) is 20.6. The average molecular weight is 544 g/mol. The summed E-state index contributed by atoms with van der Waals surface area (Å²) in [7, 11) is 1.71. The lowest BCUT2D eigenvalue weighted by Crippen LogP contribution is -2.50. The molecule has 2 N–H and O–H groups in total. The number of carbonyl (C=O) groups excluding carboxylic acids is 2. The molecule has 1 atom stereocenters. The van der Waals surface area contributed by atoms with Crippen LogP contribution >= 0.6 is 24.0 Å². The summed E-state index contributed by atoms with van der Waals surface area (Å²) >= 11 is 0. The van der Waals surface area contributed by atoms with Gasteiger partial charge in [-0.05, 0) is 12.5 Å². The molecule has 172 valence electrons. The highest BCUT2D eigenvalue weighted by Crippen LogP contribution is 2.11. The summed E-state index contributed by atoms with van der Waals surface area (Å²) in [6, 6.07) is 1.99. The molecule has 10 nitrogen and oxygen atoms in total. The van der Waals surface area contributed by atoms with E-state index in [1.807, 2.05) is 16.7 Å². The van der Waals surface area contributed by atoms with Crippen LogP contribution in [0.15, 0.2) is 23.5 Å². The Morgan fingerprint density at radius 1 is 1.10 bits per heavy atom. The minimum atomic E-state index is 0. The maximum Gasteiger partial charge on any atom is 0.225 e. The van der Waals surface area contributed by atoms with Gasteiger partial charge in [0.25, 0.3) is 0 Å². The van der Waals surface area contributed by atoms with Crippen molar-refractivity contribution in [2.75, 3.05) is 57.8 Å². The van der Waals surface area contributed by atoms with Crippen LogP contribution in [0.5, 0.6) is 0 Å². The molecule has 0 aliphatic carbocycles. The maximum absolute atomic E-state index is 12.5. The number of nitrogens with zero attached hydrogens (tertiary/aromatic N) is 6. The Balaban J connectivity index is 0.00000341. The number of likely N-dealkylation sites (tertiary alicyclic amines) is 1. The van der Waals surface area contributed by atoms with Gasteiger partial charge >= 0.3 is 0 Å². The van der Waals surface area contributed by atoms with Gasteiger partial charge in [-0.3, -0.25) is 14.6 Å². The zero-order chi connectivity index (χ0) is 21.3. The van der Waals surface area contributed by atoms with E-state index in [9.17, 15) is 9.59 Å². The van der Waals surface area contributed by atoms with Gasteiger partial charge in [0.05, 0.1) is 0 Å². The van der Waals surface area contributed by atoms with Gasteiger partial charge in [-0.1, -0.05) is 6.92 Å². The highest BCUT2D eigenvalue weighted by atomic mass is 127. The van der Waals surface area contributed by atoms with Crippen LogP contribution in [0.3, 0.4) is 0 Å². The minimum absolute atomic E-state index is 0. The third-order valence-corrected chi connectivity index (χ3v) is 5.51. The van der Waals surface area contributed by atoms with Crippen molar-refractivity contribution in [3.8, 4) is 0 Å². The van der Waals surface area contributed by atoms with E-state index >= 15 is 0 Å². The Morgan fingerprint density at radius 2 is 1.81 bits per heavy atom. The Kier molecular flexibility index (Phi) is 10.2. The number of piperazine rings is 1. The van der Waals surface area contributed by atoms with Crippen molar-refractivity contribution in [1.29, 1.82) is 0 Å². The van der Waals surface area contributed by atoms with Crippen LogP contribution in [0.1, 0.15) is 26.2 Å². The summed E-state index contributed by atoms with van der Waals surface area (Å²) in [6.07, 6.45) is 5.32. The third-order valence-electron chi connectivity index (χ3n) is 5.51. The third kappa shape index (κ3) is 7.18. The van der Waals surface area contributed by atoms with Gasteiger partial charge in [0.15, 0.2) is 5.96 Å². The van der Waals surface area contributed by atoms with Crippen molar-refractivity contribution >= 4 is 47.7 Å². The van der Waals surface area contributed by atoms with Gasteiger partial charge in [0, 0.05) is 84.1 Å². The molecule has 0 radical (unpaired) electrons. The second-order valence-electron chi connectivity index (χ2n) is 7.49. The molecule has 2 aliphatic heterocycles. The Bertz CT molecular complexity index is 740. The van der Waals surface area contributed by atoms with E-state index in [0.29, 0.717) is 50.9 Å². The standard InChI is InChI=1S/C20H32N8O2.HI/c1-3-17(29)28-10-6-16(15-28)25-19(21-2)22-9-5-18(30)26-11-13-27(14-12-26)20-23-7-4-8-24-20;/h4,7-8,16H,3,5-6,9-15H2,1-2H3,(H2,21,22,25);1H. The van der Waals surface area contributed by atoms with E-state index in [2.05, 4.69) is 30.5 Å². The quantitative estimate of drug-likeness (QED) is 0.302. The van der Waals surface area contributed by atoms with Crippen LogP contribution in [0, 0.1) is 0 Å². The number of guanidine groups is 1. The van der Waals surface area contributed by atoms with Gasteiger partial charge in [-0.2, -0.15) is 0 Å². The molecule has 0 saturated carbocycles. The van der Waals surface area contributed by atoms with Crippen LogP contribution in [0.2, 0.25) is 0 Å². The number of hydrogen-bond donors (Lipinski definition) is 2. The van der Waals surface area contributed by atoms with Crippen LogP contribution in [-0.2, 0) is 9.59 Å². The number of aliphatic imine (C=N–C) groups is 1. The van der Waals surface area contributed by atoms with E-state index < -0.39 is 0 Å². The van der Waals surface area contributed by atoms with E-state index in [4.69, 9.17) is 0 Å². The van der Waals surface area contributed by atoms with Gasteiger partial charge in [0.2, 0.25) is 17.8 Å². The summed E-state index contributed by atoms with van der Waals surface area (Å²) < 4.78 is 0. The number of anilines is 1. The largest absolute Gasteiger partial charge is 0.356 e. The molecule has 3 rings (SSSR count). The zero-order valence-electron chi connectivity index (χ0n) is 18.3. The van der Waals surface area contributed by atoms with Crippen LogP contribution in [0.4, 0.5) is 5.95 Å². The fourth-order valence-electron chi connectivity index (χ4n) is 3.77. The molecular formula is C20H33IN8O2. The maximum atomic E-state index is 12.5. The highest BCUT2D eigenvalue weighted by Gasteiger charge is 2.26. The topological polar surface area (TPSA) is 106 Å². The van der Waals surface area contributed by atoms with Crippen molar-refractivity contribution < 1.29 is 9.59 Å². The summed E-state index contributed by atoms with van der Waals surface area (Å²) in [5.74, 6) is 1.70. The summed E-state index contributed by atoms with van der Waals surface area (Å²) in [5.41, 5.74) is 0. The Morgan fingerprint density at radius 3 is 2.45 bits per heavy atom. The number of amides is 2. The van der Waals surface area contributed by atoms with Crippen molar-refractivity contribution in [1.82, 2.24) is 30.4 Å². The summed E-state index contributed by atoms with van der Waals surface area (Å²) in [5, 5.41) is 6.57. The van der Waals surface area contributed by atoms with Gasteiger partial charge in [-0.25, -0.2) is 9.97 Å². The lowest BCUT2D eigenvalue weighted by atomic mass is 10.2. The normalized spacial score (nSPS) is 19.1. The molecule has 2 fully saturated rings. The molecule has 2 amide bonds. The van der Waals surface area contributed by atoms with Gasteiger partial charge < -0.3 is 25.3 Å². The fourth-order valence-corrected chi connectivity index (χ4v) is 3.77. The summed E-state index contributed by atoms with van der Waals surface area (Å²) in [4.78, 5) is 43.0. The molecule has 1 aromatic rings. The Labute approximate surface area is 200 Å². The smallest absolute Gasteiger partial charge is 0.225 e. The average Bonchev–Trinajstić information content (AvgIpc) is 3.27. The van der Waals surface area contributed by atoms with E-state index in [-0.39, 0.29) is 41.8 Å². The van der Waals surface area contributed by atoms with Crippen molar-refractivity contribution in [2.24, 2.45) is 4.99 Å². The first-order chi connectivity index (χ1) is 14.6. The molecule has 1 unspecified atom stereocenters. The highest BCUT2D eigenvalue weighted by molar-refractivity contribution is 14.0. The fraction of sp³-hybridized carbons (Fsp3) is 0.650. The first-order valence-corrected chi connectivity index (χ1v) is 10.7. The van der Waals surface area contributed by atoms with E-state index in [1.54, 1.807) is 25.5 Å². The predicted molar refractivity (Wildman–Crippen MR) is 131 cm³/mol. The number of aromatic nitrogens is 2. The molecule has 0 aromatic carbocycles. The van der Waals surface area contributed by atoms with Crippen molar-refractivity contribution in [3.63, 3.8) is 0 Å². The SMILES string of the molecule is CCC(=O)N1CCC(NC(=NC)NCCC(=O)N2CCN(c3ncccn3)CC2)C1.I. The number of hydrogen-bond acceptors (Lipinski definition) is 6. The molecule has 2 aliphatic rings. The Hall–Kier alpha value is -2.18. The lowest BCUT2D eigenvalue weighted by Gasteiger charge is -2.34. The van der Waals surface area contributed by atoms with Crippen LogP contribution in [-0.4, -0.2) is 96.4 Å². The minimum Gasteiger partial charge on any atom is -0.356 e. The molecule has 3 heterocycles. The van der Waals surface area contributed by atoms with Gasteiger partial charge in [-0.15, -0.1) is 24.0 Å². The predicted octanol–water partition coefficient (Wildman–Crippen LogP) is 0.309. The number of carbonyl (C=O) groups is 2. The molecule has 31 heavy (non-hydrogen) atoms. The second kappa shape index (κ2) is 12.6. The van der Waals surface area contributed by atoms with Crippen LogP contribution < -0.4 is 15.5 Å². The number of nitrogens with one attached hydrogen (secondary N) is 2. The molecule has 2 saturated heterocycles. The van der Waals surface area contributed by atoms with E-state index in [0.717, 1.165) is 26.1 Å². The first-order valence-electron chi connectivity index (χ1n) is 10.7. The number of halogens is 1. The van der Waals surface area contributed by atoms with Crippen molar-refractivity contribution in [2.45, 2.75) is 32.2 Å². The molecule has 11 heteroatoms. The molecule has 1 aromatic heterocycles. The summed E-state index contributed by atoms with van der Waals surface area (Å²) in [6.45, 7) is 6.70. The lowest BCUT2D eigenvalue weighted by molar-refractivity contribution is -0.131. The molecule has 0 bridgehead atoms. The number of rotatable bonds is 6. The molecule has 0 spiro atoms. The first kappa shape index (κ1) is 25.1. The van der Waals surface area contributed by atoms with Crippen molar-refractivity contribution in [3.05, 3.63) is 18.5 Å². The van der Waals surface area contributed by atoms with E-state index in [1.165, 1.54) is 0 Å². The second-order valence-corrected chi connectivity index (χ2v) is 7.49. The van der Waals surface area contributed by atoms with Gasteiger partial charge in [0.1, 0.15) is 0 Å². The molecular weight excluding hydrogens is 511 g/mol. The monoisotopic (exact) mass is 544 g/mol.